The van der Waals surface area contributed by atoms with Gasteiger partial charge < -0.3 is 10.2 Å². The molecule has 1 atom stereocenters. The molecule has 1 heterocycles. The fourth-order valence-electron chi connectivity index (χ4n) is 1.96. The van der Waals surface area contributed by atoms with Gasteiger partial charge in [-0.2, -0.15) is 0 Å². The van der Waals surface area contributed by atoms with E-state index in [-0.39, 0.29) is 6.42 Å². The van der Waals surface area contributed by atoms with E-state index in [1.807, 2.05) is 12.1 Å². The molecular weight excluding hydrogens is 290 g/mol. The highest BCUT2D eigenvalue weighted by Crippen LogP contribution is 2.19. The average Bonchev–Trinajstić information content (AvgIpc) is 2.86. The van der Waals surface area contributed by atoms with Crippen molar-refractivity contribution in [3.8, 4) is 0 Å². The summed E-state index contributed by atoms with van der Waals surface area (Å²) in [5.41, 5.74) is 0.687. The van der Waals surface area contributed by atoms with Gasteiger partial charge in [0.05, 0.1) is 6.42 Å². The molecule has 1 aromatic carbocycles. The van der Waals surface area contributed by atoms with Gasteiger partial charge in [-0.1, -0.05) is 30.3 Å². The highest BCUT2D eigenvalue weighted by Gasteiger charge is 2.19. The number of thiophene rings is 1. The summed E-state index contributed by atoms with van der Waals surface area (Å²) in [5, 5.41) is 21.0. The van der Waals surface area contributed by atoms with E-state index in [4.69, 9.17) is 5.11 Å². The van der Waals surface area contributed by atoms with Crippen molar-refractivity contribution in [2.45, 2.75) is 19.0 Å². The second kappa shape index (κ2) is 7.01. The third kappa shape index (κ3) is 4.40. The fraction of sp³-hybridized carbons (Fsp3) is 0.200. The lowest BCUT2D eigenvalue weighted by atomic mass is 10.1. The van der Waals surface area contributed by atoms with Crippen molar-refractivity contribution < 1.29 is 19.8 Å². The van der Waals surface area contributed by atoms with Crippen molar-refractivity contribution in [2.24, 2.45) is 0 Å². The Kier molecular flexibility index (Phi) is 5.08. The summed E-state index contributed by atoms with van der Waals surface area (Å²) in [6, 6.07) is 11.7. The van der Waals surface area contributed by atoms with Gasteiger partial charge in [-0.15, -0.1) is 11.3 Å². The molecule has 0 aliphatic carbocycles. The Bertz CT molecular complexity index is 624. The molecule has 2 rings (SSSR count). The van der Waals surface area contributed by atoms with Crippen LogP contribution in [0.25, 0.3) is 0 Å². The summed E-state index contributed by atoms with van der Waals surface area (Å²) in [7, 11) is 0. The molecule has 0 amide bonds. The quantitative estimate of drug-likeness (QED) is 0.730. The smallest absolute Gasteiger partial charge is 0.325 e. The zero-order valence-corrected chi connectivity index (χ0v) is 12.0. The van der Waals surface area contributed by atoms with E-state index in [1.54, 1.807) is 30.3 Å². The Morgan fingerprint density at radius 3 is 2.33 bits per heavy atom. The lowest BCUT2D eigenvalue weighted by Crippen LogP contribution is -2.27. The molecule has 0 aliphatic heterocycles. The molecule has 1 aromatic heterocycles. The number of aliphatic carboxylic acids is 2. The average molecular weight is 305 g/mol. The Labute approximate surface area is 125 Å². The van der Waals surface area contributed by atoms with E-state index >= 15 is 0 Å². The van der Waals surface area contributed by atoms with Crippen molar-refractivity contribution in [3.05, 3.63) is 57.8 Å². The first kappa shape index (κ1) is 15.2. The first-order valence-electron chi connectivity index (χ1n) is 6.37. The SMILES string of the molecule is O=C(O)Cc1ccc(CNC(C(=O)O)c2ccccc2)s1. The zero-order valence-electron chi connectivity index (χ0n) is 11.2. The van der Waals surface area contributed by atoms with Gasteiger partial charge in [0.15, 0.2) is 0 Å². The lowest BCUT2D eigenvalue weighted by Gasteiger charge is -2.14. The van der Waals surface area contributed by atoms with E-state index in [0.717, 1.165) is 9.75 Å². The van der Waals surface area contributed by atoms with Crippen LogP contribution in [0.5, 0.6) is 0 Å². The summed E-state index contributed by atoms with van der Waals surface area (Å²) in [5.74, 6) is -1.81. The summed E-state index contributed by atoms with van der Waals surface area (Å²) in [6.07, 6.45) is -0.00822. The zero-order chi connectivity index (χ0) is 15.2. The molecule has 21 heavy (non-hydrogen) atoms. The molecule has 3 N–H and O–H groups in total. The number of carboxylic acid groups (broad SMARTS) is 2. The summed E-state index contributed by atoms with van der Waals surface area (Å²) in [6.45, 7) is 0.385. The predicted molar refractivity (Wildman–Crippen MR) is 79.3 cm³/mol. The number of nitrogens with one attached hydrogen (secondary N) is 1. The van der Waals surface area contributed by atoms with Crippen molar-refractivity contribution >= 4 is 23.3 Å². The number of hydrogen-bond acceptors (Lipinski definition) is 4. The Hall–Kier alpha value is -2.18. The minimum absolute atomic E-state index is 0.00822. The molecule has 0 radical (unpaired) electrons. The molecule has 0 fully saturated rings. The van der Waals surface area contributed by atoms with E-state index in [0.29, 0.717) is 12.1 Å². The monoisotopic (exact) mass is 305 g/mol. The maximum Gasteiger partial charge on any atom is 0.325 e. The molecule has 0 saturated carbocycles. The normalized spacial score (nSPS) is 12.0. The highest BCUT2D eigenvalue weighted by atomic mass is 32.1. The Balaban J connectivity index is 2.01. The molecule has 1 unspecified atom stereocenters. The van der Waals surface area contributed by atoms with Gasteiger partial charge in [-0.3, -0.25) is 14.9 Å². The van der Waals surface area contributed by atoms with Gasteiger partial charge in [0, 0.05) is 16.3 Å². The van der Waals surface area contributed by atoms with Crippen LogP contribution in [-0.2, 0) is 22.6 Å². The number of benzene rings is 1. The second-order valence-electron chi connectivity index (χ2n) is 4.50. The van der Waals surface area contributed by atoms with Crippen LogP contribution >= 0.6 is 11.3 Å². The largest absolute Gasteiger partial charge is 0.481 e. The van der Waals surface area contributed by atoms with Gasteiger partial charge in [-0.05, 0) is 17.7 Å². The summed E-state index contributed by atoms with van der Waals surface area (Å²) in [4.78, 5) is 23.6. The van der Waals surface area contributed by atoms with Crippen LogP contribution in [0.3, 0.4) is 0 Å². The van der Waals surface area contributed by atoms with E-state index in [9.17, 15) is 14.7 Å². The van der Waals surface area contributed by atoms with Crippen LogP contribution in [-0.4, -0.2) is 22.2 Å². The van der Waals surface area contributed by atoms with E-state index in [1.165, 1.54) is 11.3 Å². The first-order chi connectivity index (χ1) is 10.1. The van der Waals surface area contributed by atoms with Gasteiger partial charge in [0.1, 0.15) is 6.04 Å². The number of carbonyl (C=O) groups is 2. The minimum atomic E-state index is -0.941. The molecule has 0 bridgehead atoms. The van der Waals surface area contributed by atoms with E-state index < -0.39 is 18.0 Å². The first-order valence-corrected chi connectivity index (χ1v) is 7.18. The molecule has 5 nitrogen and oxygen atoms in total. The van der Waals surface area contributed by atoms with Crippen LogP contribution in [0.2, 0.25) is 0 Å². The Morgan fingerprint density at radius 2 is 1.71 bits per heavy atom. The van der Waals surface area contributed by atoms with Gasteiger partial charge in [0.25, 0.3) is 0 Å². The summed E-state index contributed by atoms with van der Waals surface area (Å²) >= 11 is 1.37. The predicted octanol–water partition coefficient (Wildman–Crippen LogP) is 2.29. The fourth-order valence-corrected chi connectivity index (χ4v) is 2.92. The van der Waals surface area contributed by atoms with Gasteiger partial charge in [-0.25, -0.2) is 0 Å². The summed E-state index contributed by atoms with van der Waals surface area (Å²) < 4.78 is 0. The maximum absolute atomic E-state index is 11.3. The molecule has 110 valence electrons. The molecule has 6 heteroatoms. The van der Waals surface area contributed by atoms with E-state index in [2.05, 4.69) is 5.32 Å². The van der Waals surface area contributed by atoms with Crippen LogP contribution in [0.1, 0.15) is 21.4 Å². The molecular formula is C15H15NO4S. The van der Waals surface area contributed by atoms with Crippen molar-refractivity contribution in [2.75, 3.05) is 0 Å². The van der Waals surface area contributed by atoms with Crippen LogP contribution < -0.4 is 5.32 Å². The third-order valence-corrected chi connectivity index (χ3v) is 3.99. The number of carboxylic acids is 2. The molecule has 2 aromatic rings. The lowest BCUT2D eigenvalue weighted by molar-refractivity contribution is -0.140. The third-order valence-electron chi connectivity index (χ3n) is 2.90. The Morgan fingerprint density at radius 1 is 1.05 bits per heavy atom. The van der Waals surface area contributed by atoms with Crippen molar-refractivity contribution in [1.82, 2.24) is 5.32 Å². The van der Waals surface area contributed by atoms with Crippen molar-refractivity contribution in [3.63, 3.8) is 0 Å². The van der Waals surface area contributed by atoms with Crippen LogP contribution in [0.4, 0.5) is 0 Å². The molecule has 0 spiro atoms. The molecule has 0 aliphatic rings. The van der Waals surface area contributed by atoms with Crippen molar-refractivity contribution in [1.29, 1.82) is 0 Å². The van der Waals surface area contributed by atoms with Crippen LogP contribution in [0, 0.1) is 0 Å². The van der Waals surface area contributed by atoms with Crippen LogP contribution in [0.15, 0.2) is 42.5 Å². The topological polar surface area (TPSA) is 86.6 Å². The van der Waals surface area contributed by atoms with Gasteiger partial charge in [0.2, 0.25) is 0 Å². The number of hydrogen-bond donors (Lipinski definition) is 3. The number of rotatable bonds is 7. The van der Waals surface area contributed by atoms with Gasteiger partial charge >= 0.3 is 11.9 Å². The highest BCUT2D eigenvalue weighted by molar-refractivity contribution is 7.12. The standard InChI is InChI=1S/C15H15NO4S/c17-13(18)8-11-6-7-12(21-11)9-16-14(15(19)20)10-4-2-1-3-5-10/h1-7,14,16H,8-9H2,(H,17,18)(H,19,20). The minimum Gasteiger partial charge on any atom is -0.481 e. The second-order valence-corrected chi connectivity index (χ2v) is 5.75. The maximum atomic E-state index is 11.3. The molecule has 0 saturated heterocycles.